The van der Waals surface area contributed by atoms with E-state index in [4.69, 9.17) is 0 Å². The summed E-state index contributed by atoms with van der Waals surface area (Å²) in [5, 5.41) is 0. The van der Waals surface area contributed by atoms with Crippen LogP contribution in [0, 0.1) is 5.82 Å². The number of amides is 2. The fraction of sp³-hybridized carbons (Fsp3) is 0.391. The molecule has 2 aromatic rings. The maximum atomic E-state index is 13.3. The van der Waals surface area contributed by atoms with Gasteiger partial charge in [-0.25, -0.2) is 17.1 Å². The van der Waals surface area contributed by atoms with Gasteiger partial charge in [0.05, 0.1) is 5.75 Å². The summed E-state index contributed by atoms with van der Waals surface area (Å²) in [6.45, 7) is -0.268. The van der Waals surface area contributed by atoms with Crippen LogP contribution in [0.3, 0.4) is 0 Å². The number of hydrogen-bond acceptors (Lipinski definition) is 4. The molecule has 31 heavy (non-hydrogen) atoms. The van der Waals surface area contributed by atoms with Crippen LogP contribution in [0.15, 0.2) is 48.5 Å². The molecule has 2 amide bonds. The van der Waals surface area contributed by atoms with Crippen LogP contribution in [-0.2, 0) is 27.1 Å². The van der Waals surface area contributed by atoms with E-state index >= 15 is 0 Å². The van der Waals surface area contributed by atoms with Crippen molar-refractivity contribution in [3.05, 3.63) is 71.0 Å². The first kappa shape index (κ1) is 21.5. The Kier molecular flexibility index (Phi) is 6.09. The van der Waals surface area contributed by atoms with Crippen molar-refractivity contribution in [1.29, 1.82) is 0 Å². The van der Waals surface area contributed by atoms with Gasteiger partial charge < -0.3 is 4.90 Å². The van der Waals surface area contributed by atoms with Crippen molar-refractivity contribution < 1.29 is 22.4 Å². The number of hydrogen-bond donors (Lipinski definition) is 0. The molecular weight excluding hydrogens is 419 g/mol. The van der Waals surface area contributed by atoms with E-state index in [2.05, 4.69) is 0 Å². The van der Waals surface area contributed by atoms with Crippen molar-refractivity contribution in [2.24, 2.45) is 0 Å². The number of nitrogens with zero attached hydrogens (tertiary/aromatic N) is 2. The molecule has 0 saturated heterocycles. The van der Waals surface area contributed by atoms with E-state index in [0.29, 0.717) is 15.4 Å². The molecule has 0 N–H and O–H groups in total. The monoisotopic (exact) mass is 444 g/mol. The van der Waals surface area contributed by atoms with E-state index in [1.807, 2.05) is 0 Å². The number of carbonyl (C=O) groups excluding carboxylic acids is 2. The smallest absolute Gasteiger partial charge is 0.268 e. The highest BCUT2D eigenvalue weighted by Crippen LogP contribution is 2.27. The third kappa shape index (κ3) is 4.63. The van der Waals surface area contributed by atoms with Crippen LogP contribution in [0.25, 0.3) is 0 Å². The second-order valence-electron chi connectivity index (χ2n) is 8.17. The molecule has 0 radical (unpaired) electrons. The van der Waals surface area contributed by atoms with Crippen molar-refractivity contribution >= 4 is 21.8 Å². The molecule has 6 nitrogen and oxygen atoms in total. The zero-order valence-corrected chi connectivity index (χ0v) is 18.0. The molecule has 1 aliphatic carbocycles. The van der Waals surface area contributed by atoms with Gasteiger partial charge in [0.25, 0.3) is 5.91 Å². The minimum atomic E-state index is -3.94. The average molecular weight is 445 g/mol. The number of halogens is 1. The van der Waals surface area contributed by atoms with Crippen molar-refractivity contribution in [2.45, 2.75) is 50.4 Å². The predicted octanol–water partition coefficient (Wildman–Crippen LogP) is 3.47. The molecule has 1 aliphatic heterocycles. The van der Waals surface area contributed by atoms with E-state index in [0.717, 1.165) is 37.7 Å². The van der Waals surface area contributed by atoms with E-state index in [1.165, 1.54) is 12.1 Å². The molecule has 1 saturated carbocycles. The van der Waals surface area contributed by atoms with Crippen LogP contribution >= 0.6 is 0 Å². The topological polar surface area (TPSA) is 74.8 Å². The molecule has 164 valence electrons. The van der Waals surface area contributed by atoms with Crippen LogP contribution in [-0.4, -0.2) is 42.0 Å². The molecule has 4 rings (SSSR count). The molecule has 0 unspecified atom stereocenters. The number of rotatable bonds is 5. The minimum Gasteiger partial charge on any atom is -0.334 e. The second-order valence-corrected chi connectivity index (χ2v) is 10.1. The lowest BCUT2D eigenvalue weighted by molar-refractivity contribution is -0.134. The van der Waals surface area contributed by atoms with E-state index in [-0.39, 0.29) is 24.2 Å². The molecule has 1 fully saturated rings. The zero-order valence-electron chi connectivity index (χ0n) is 17.2. The van der Waals surface area contributed by atoms with Crippen molar-refractivity contribution in [3.63, 3.8) is 0 Å². The zero-order chi connectivity index (χ0) is 22.0. The second kappa shape index (κ2) is 8.78. The summed E-state index contributed by atoms with van der Waals surface area (Å²) >= 11 is 0. The Bertz CT molecular complexity index is 1080. The van der Waals surface area contributed by atoms with Crippen LogP contribution in [0.5, 0.6) is 0 Å². The van der Waals surface area contributed by atoms with Gasteiger partial charge in [0.15, 0.2) is 0 Å². The normalized spacial score (nSPS) is 18.5. The Morgan fingerprint density at radius 3 is 2.42 bits per heavy atom. The van der Waals surface area contributed by atoms with Crippen molar-refractivity contribution in [1.82, 2.24) is 9.21 Å². The largest absolute Gasteiger partial charge is 0.334 e. The highest BCUT2D eigenvalue weighted by Gasteiger charge is 2.38. The minimum absolute atomic E-state index is 0.0267. The molecule has 1 heterocycles. The Labute approximate surface area is 181 Å². The maximum Gasteiger partial charge on any atom is 0.268 e. The van der Waals surface area contributed by atoms with Gasteiger partial charge in [-0.15, -0.1) is 0 Å². The van der Waals surface area contributed by atoms with E-state index < -0.39 is 28.4 Å². The van der Waals surface area contributed by atoms with Crippen molar-refractivity contribution in [3.8, 4) is 0 Å². The third-order valence-electron chi connectivity index (χ3n) is 6.03. The first-order chi connectivity index (χ1) is 14.8. The first-order valence-corrected chi connectivity index (χ1v) is 12.1. The summed E-state index contributed by atoms with van der Waals surface area (Å²) in [6.07, 6.45) is 4.75. The molecule has 0 atom stereocenters. The number of fused-ring (bicyclic) bond motifs is 1. The maximum absolute atomic E-state index is 13.3. The van der Waals surface area contributed by atoms with Gasteiger partial charge in [-0.05, 0) is 42.2 Å². The Morgan fingerprint density at radius 1 is 1.03 bits per heavy atom. The molecular formula is C23H25FN2O4S. The van der Waals surface area contributed by atoms with Gasteiger partial charge in [-0.1, -0.05) is 49.6 Å². The predicted molar refractivity (Wildman–Crippen MR) is 114 cm³/mol. The summed E-state index contributed by atoms with van der Waals surface area (Å²) < 4.78 is 39.6. The number of carbonyl (C=O) groups is 2. The summed E-state index contributed by atoms with van der Waals surface area (Å²) in [7, 11) is -3.94. The number of sulfonamides is 1. The quantitative estimate of drug-likeness (QED) is 0.708. The van der Waals surface area contributed by atoms with Gasteiger partial charge in [-0.2, -0.15) is 0 Å². The molecule has 0 bridgehead atoms. The molecule has 0 spiro atoms. The molecule has 0 aromatic heterocycles. The Hall–Kier alpha value is -2.74. The number of benzene rings is 2. The fourth-order valence-corrected chi connectivity index (χ4v) is 5.83. The first-order valence-electron chi connectivity index (χ1n) is 10.5. The van der Waals surface area contributed by atoms with Crippen LogP contribution < -0.4 is 0 Å². The fourth-order valence-electron chi connectivity index (χ4n) is 4.37. The van der Waals surface area contributed by atoms with Gasteiger partial charge >= 0.3 is 0 Å². The highest BCUT2D eigenvalue weighted by atomic mass is 32.2. The lowest BCUT2D eigenvalue weighted by Gasteiger charge is -2.36. The standard InChI is InChI=1S/C23H25FN2O4S/c24-19-12-10-17(11-13-19)14-25(20-7-2-1-3-8-20)22(27)15-26-23(28)21-9-5-4-6-18(21)16-31(26,29)30/h4-6,9-13,20H,1-3,7-8,14-16H2. The summed E-state index contributed by atoms with van der Waals surface area (Å²) in [5.74, 6) is -1.74. The third-order valence-corrected chi connectivity index (χ3v) is 7.67. The summed E-state index contributed by atoms with van der Waals surface area (Å²) in [5.41, 5.74) is 1.53. The van der Waals surface area contributed by atoms with Crippen LogP contribution in [0.4, 0.5) is 4.39 Å². The van der Waals surface area contributed by atoms with Crippen LogP contribution in [0.1, 0.15) is 53.6 Å². The van der Waals surface area contributed by atoms with Crippen LogP contribution in [0.2, 0.25) is 0 Å². The Balaban J connectivity index is 1.59. The van der Waals surface area contributed by atoms with E-state index in [1.54, 1.807) is 41.3 Å². The highest BCUT2D eigenvalue weighted by molar-refractivity contribution is 7.89. The lowest BCUT2D eigenvalue weighted by atomic mass is 9.93. The van der Waals surface area contributed by atoms with Crippen molar-refractivity contribution in [2.75, 3.05) is 6.54 Å². The molecule has 2 aliphatic rings. The SMILES string of the molecule is O=C(CN1C(=O)c2ccccc2CS1(=O)=O)N(Cc1ccc(F)cc1)C1CCCCC1. The van der Waals surface area contributed by atoms with Gasteiger partial charge in [0.1, 0.15) is 12.4 Å². The molecule has 2 aromatic carbocycles. The Morgan fingerprint density at radius 2 is 1.71 bits per heavy atom. The lowest BCUT2D eigenvalue weighted by Crippen LogP contribution is -2.50. The van der Waals surface area contributed by atoms with Gasteiger partial charge in [0, 0.05) is 18.2 Å². The average Bonchev–Trinajstić information content (AvgIpc) is 2.76. The van der Waals surface area contributed by atoms with E-state index in [9.17, 15) is 22.4 Å². The molecule has 8 heteroatoms. The van der Waals surface area contributed by atoms with Gasteiger partial charge in [0.2, 0.25) is 15.9 Å². The van der Waals surface area contributed by atoms with Gasteiger partial charge in [-0.3, -0.25) is 9.59 Å². The summed E-state index contributed by atoms with van der Waals surface area (Å²) in [4.78, 5) is 27.9. The summed E-state index contributed by atoms with van der Waals surface area (Å²) in [6, 6.07) is 12.5.